The maximum absolute atomic E-state index is 12.9. The van der Waals surface area contributed by atoms with Crippen LogP contribution in [0.3, 0.4) is 0 Å². The van der Waals surface area contributed by atoms with E-state index < -0.39 is 9.84 Å². The summed E-state index contributed by atoms with van der Waals surface area (Å²) in [6, 6.07) is 3.56. The molecule has 0 atom stereocenters. The van der Waals surface area contributed by atoms with Crippen LogP contribution >= 0.6 is 0 Å². The van der Waals surface area contributed by atoms with Gasteiger partial charge in [0.05, 0.1) is 29.4 Å². The van der Waals surface area contributed by atoms with Crippen molar-refractivity contribution in [2.24, 2.45) is 5.41 Å². The lowest BCUT2D eigenvalue weighted by Crippen LogP contribution is -2.36. The van der Waals surface area contributed by atoms with Gasteiger partial charge in [-0.15, -0.1) is 0 Å². The van der Waals surface area contributed by atoms with Crippen molar-refractivity contribution in [1.29, 1.82) is 0 Å². The van der Waals surface area contributed by atoms with Crippen molar-refractivity contribution in [3.63, 3.8) is 0 Å². The van der Waals surface area contributed by atoms with Crippen molar-refractivity contribution in [3.8, 4) is 0 Å². The first kappa shape index (κ1) is 22.7. The van der Waals surface area contributed by atoms with Crippen LogP contribution in [-0.2, 0) is 14.6 Å². The van der Waals surface area contributed by atoms with Gasteiger partial charge in [0.15, 0.2) is 9.84 Å². The zero-order valence-corrected chi connectivity index (χ0v) is 18.6. The van der Waals surface area contributed by atoms with E-state index in [1.54, 1.807) is 13.0 Å². The fourth-order valence-electron chi connectivity index (χ4n) is 3.34. The molecule has 0 saturated carbocycles. The number of ether oxygens (including phenoxy) is 1. The first-order valence-electron chi connectivity index (χ1n) is 10.0. The SMILES string of the molecule is CCS(=O)(=O)c1cc(N2CCOCC2)cc(C)c1C(=O)NCCCC(C)(C)C. The molecule has 0 aliphatic carbocycles. The fraction of sp³-hybridized carbons (Fsp3) is 0.667. The van der Waals surface area contributed by atoms with E-state index in [9.17, 15) is 13.2 Å². The number of nitrogens with one attached hydrogen (secondary N) is 1. The number of sulfone groups is 1. The summed E-state index contributed by atoms with van der Waals surface area (Å²) in [5, 5.41) is 2.91. The minimum atomic E-state index is -3.53. The molecule has 0 bridgehead atoms. The van der Waals surface area contributed by atoms with Crippen molar-refractivity contribution in [3.05, 3.63) is 23.3 Å². The van der Waals surface area contributed by atoms with Gasteiger partial charge in [0.1, 0.15) is 0 Å². The molecule has 0 spiro atoms. The smallest absolute Gasteiger partial charge is 0.252 e. The largest absolute Gasteiger partial charge is 0.378 e. The number of morpholine rings is 1. The third-order valence-corrected chi connectivity index (χ3v) is 6.74. The molecule has 7 heteroatoms. The maximum atomic E-state index is 12.9. The van der Waals surface area contributed by atoms with E-state index in [2.05, 4.69) is 31.0 Å². The Hall–Kier alpha value is -1.60. The summed E-state index contributed by atoms with van der Waals surface area (Å²) < 4.78 is 30.9. The highest BCUT2D eigenvalue weighted by atomic mass is 32.2. The summed E-state index contributed by atoms with van der Waals surface area (Å²) in [4.78, 5) is 15.1. The average molecular weight is 411 g/mol. The maximum Gasteiger partial charge on any atom is 0.252 e. The van der Waals surface area contributed by atoms with E-state index in [-0.39, 0.29) is 27.5 Å². The number of rotatable bonds is 7. The molecule has 0 radical (unpaired) electrons. The molecule has 1 heterocycles. The van der Waals surface area contributed by atoms with Crippen molar-refractivity contribution in [1.82, 2.24) is 5.32 Å². The molecule has 6 nitrogen and oxygen atoms in total. The zero-order valence-electron chi connectivity index (χ0n) is 17.8. The molecule has 28 heavy (non-hydrogen) atoms. The Morgan fingerprint density at radius 1 is 1.21 bits per heavy atom. The second-order valence-electron chi connectivity index (χ2n) is 8.56. The van der Waals surface area contributed by atoms with Crippen LogP contribution < -0.4 is 10.2 Å². The highest BCUT2D eigenvalue weighted by Crippen LogP contribution is 2.28. The van der Waals surface area contributed by atoms with Crippen LogP contribution in [0.1, 0.15) is 56.5 Å². The van der Waals surface area contributed by atoms with Gasteiger partial charge in [0, 0.05) is 25.3 Å². The molecule has 0 unspecified atom stereocenters. The summed E-state index contributed by atoms with van der Waals surface area (Å²) in [5.41, 5.74) is 1.99. The third kappa shape index (κ3) is 5.95. The number of carbonyl (C=O) groups is 1. The highest BCUT2D eigenvalue weighted by molar-refractivity contribution is 7.91. The minimum absolute atomic E-state index is 0.0384. The summed E-state index contributed by atoms with van der Waals surface area (Å²) >= 11 is 0. The standard InChI is InChI=1S/C21H34N2O4S/c1-6-28(25,26)18-15-17(23-10-12-27-13-11-23)14-16(2)19(18)20(24)22-9-7-8-21(3,4)5/h14-15H,6-13H2,1-5H3,(H,22,24). The summed E-state index contributed by atoms with van der Waals surface area (Å²) in [6.45, 7) is 13.1. The van der Waals surface area contributed by atoms with Crippen LogP contribution in [0.15, 0.2) is 17.0 Å². The van der Waals surface area contributed by atoms with Gasteiger partial charge in [-0.2, -0.15) is 0 Å². The normalized spacial score (nSPS) is 15.5. The quantitative estimate of drug-likeness (QED) is 0.699. The van der Waals surface area contributed by atoms with Gasteiger partial charge in [-0.3, -0.25) is 4.79 Å². The van der Waals surface area contributed by atoms with Gasteiger partial charge in [-0.05, 0) is 42.9 Å². The topological polar surface area (TPSA) is 75.7 Å². The molecule has 1 saturated heterocycles. The van der Waals surface area contributed by atoms with E-state index >= 15 is 0 Å². The van der Waals surface area contributed by atoms with Crippen LogP contribution in [0.5, 0.6) is 0 Å². The molecule has 2 rings (SSSR count). The Bertz CT molecular complexity index is 791. The van der Waals surface area contributed by atoms with E-state index in [1.165, 1.54) is 0 Å². The van der Waals surface area contributed by atoms with Gasteiger partial charge in [-0.1, -0.05) is 27.7 Å². The fourth-order valence-corrected chi connectivity index (χ4v) is 4.52. The van der Waals surface area contributed by atoms with Gasteiger partial charge in [0.25, 0.3) is 5.91 Å². The van der Waals surface area contributed by atoms with Crippen LogP contribution in [0.25, 0.3) is 0 Å². The molecule has 158 valence electrons. The van der Waals surface area contributed by atoms with E-state index in [1.807, 2.05) is 13.0 Å². The van der Waals surface area contributed by atoms with Crippen LogP contribution in [0, 0.1) is 12.3 Å². The van der Waals surface area contributed by atoms with Crippen molar-refractivity contribution in [2.75, 3.05) is 43.5 Å². The van der Waals surface area contributed by atoms with Gasteiger partial charge in [-0.25, -0.2) is 8.42 Å². The minimum Gasteiger partial charge on any atom is -0.378 e. The predicted octanol–water partition coefficient (Wildman–Crippen LogP) is 3.18. The molecule has 1 aromatic carbocycles. The van der Waals surface area contributed by atoms with Gasteiger partial charge < -0.3 is 15.0 Å². The molecular formula is C21H34N2O4S. The number of anilines is 1. The molecule has 1 aromatic rings. The van der Waals surface area contributed by atoms with Crippen LogP contribution in [0.2, 0.25) is 0 Å². The lowest BCUT2D eigenvalue weighted by molar-refractivity contribution is 0.0947. The highest BCUT2D eigenvalue weighted by Gasteiger charge is 2.26. The molecule has 1 amide bonds. The Labute approximate surface area is 169 Å². The molecule has 1 N–H and O–H groups in total. The lowest BCUT2D eigenvalue weighted by atomic mass is 9.91. The molecular weight excluding hydrogens is 376 g/mol. The van der Waals surface area contributed by atoms with Crippen LogP contribution in [0.4, 0.5) is 5.69 Å². The van der Waals surface area contributed by atoms with Crippen LogP contribution in [-0.4, -0.2) is 52.9 Å². The first-order valence-corrected chi connectivity index (χ1v) is 11.7. The lowest BCUT2D eigenvalue weighted by Gasteiger charge is -2.30. The van der Waals surface area contributed by atoms with Crippen molar-refractivity contribution in [2.45, 2.75) is 52.4 Å². The number of carbonyl (C=O) groups excluding carboxylic acids is 1. The molecule has 1 fully saturated rings. The van der Waals surface area contributed by atoms with Gasteiger partial charge in [0.2, 0.25) is 0 Å². The third-order valence-electron chi connectivity index (χ3n) is 4.99. The Morgan fingerprint density at radius 3 is 2.43 bits per heavy atom. The van der Waals surface area contributed by atoms with E-state index in [4.69, 9.17) is 4.74 Å². The Morgan fingerprint density at radius 2 is 1.86 bits per heavy atom. The average Bonchev–Trinajstić information content (AvgIpc) is 2.64. The molecule has 0 aromatic heterocycles. The zero-order chi connectivity index (χ0) is 20.9. The first-order chi connectivity index (χ1) is 13.0. The predicted molar refractivity (Wildman–Crippen MR) is 113 cm³/mol. The number of amides is 1. The van der Waals surface area contributed by atoms with Crippen molar-refractivity contribution < 1.29 is 17.9 Å². The summed E-state index contributed by atoms with van der Waals surface area (Å²) in [6.07, 6.45) is 1.85. The second-order valence-corrected chi connectivity index (χ2v) is 10.8. The number of aryl methyl sites for hydroxylation is 1. The second kappa shape index (κ2) is 9.27. The number of hydrogen-bond acceptors (Lipinski definition) is 5. The van der Waals surface area contributed by atoms with Gasteiger partial charge >= 0.3 is 0 Å². The monoisotopic (exact) mass is 410 g/mol. The van der Waals surface area contributed by atoms with E-state index in [0.717, 1.165) is 18.5 Å². The van der Waals surface area contributed by atoms with E-state index in [0.29, 0.717) is 38.4 Å². The summed E-state index contributed by atoms with van der Waals surface area (Å²) in [5.74, 6) is -0.351. The molecule has 1 aliphatic heterocycles. The van der Waals surface area contributed by atoms with Crippen molar-refractivity contribution >= 4 is 21.4 Å². The number of nitrogens with zero attached hydrogens (tertiary/aromatic N) is 1. The number of benzene rings is 1. The Balaban J connectivity index is 2.30. The molecule has 1 aliphatic rings. The Kier molecular flexibility index (Phi) is 7.51. The number of hydrogen-bond donors (Lipinski definition) is 1. The summed E-state index contributed by atoms with van der Waals surface area (Å²) in [7, 11) is -3.53.